The number of nitrogens with one attached hydrogen (secondary N) is 2. The average Bonchev–Trinajstić information content (AvgIpc) is 3.52. The lowest BCUT2D eigenvalue weighted by Gasteiger charge is -2.35. The molecule has 0 aliphatic heterocycles. The highest BCUT2D eigenvalue weighted by Gasteiger charge is 2.48. The normalized spacial score (nSPS) is 18.4. The Bertz CT molecular complexity index is 950. The van der Waals surface area contributed by atoms with Crippen molar-refractivity contribution in [1.82, 2.24) is 15.5 Å². The topological polar surface area (TPSA) is 134 Å². The number of phenols is 1. The molecule has 0 saturated heterocycles. The molecule has 0 spiro atoms. The first-order chi connectivity index (χ1) is 16.9. The number of carbonyl (C=O) groups is 4. The first kappa shape index (κ1) is 29.3. The molecule has 1 aliphatic rings. The number of thioether (sulfide) groups is 1. The van der Waals surface area contributed by atoms with Crippen LogP contribution in [-0.2, 0) is 23.9 Å². The SMILES string of the molecule is COC(=O)CNC(=O)C(c1cccc(O)c1)N(C(=O)C(CCSC)NC(=O)OC(C)(C)C)C1CC1C. The molecule has 200 valence electrons. The second-order valence-corrected chi connectivity index (χ2v) is 10.8. The Hall–Kier alpha value is -2.95. The minimum absolute atomic E-state index is 0.0691. The van der Waals surface area contributed by atoms with Crippen LogP contribution in [0.1, 0.15) is 52.1 Å². The van der Waals surface area contributed by atoms with Crippen molar-refractivity contribution in [3.8, 4) is 5.75 Å². The van der Waals surface area contributed by atoms with Gasteiger partial charge >= 0.3 is 12.1 Å². The van der Waals surface area contributed by atoms with E-state index in [1.54, 1.807) is 32.9 Å². The van der Waals surface area contributed by atoms with Gasteiger partial charge < -0.3 is 30.1 Å². The standard InChI is InChI=1S/C25H37N3O7S/c1-15-12-19(15)28(23(32)18(10-11-36-6)27-24(33)35-25(2,3)4)21(16-8-7-9-17(29)13-16)22(31)26-14-20(30)34-5/h7-9,13,15,18-19,21,29H,10-12,14H2,1-6H3,(H,26,31)(H,27,33). The predicted molar refractivity (Wildman–Crippen MR) is 136 cm³/mol. The number of methoxy groups -OCH3 is 1. The number of ether oxygens (including phenoxy) is 2. The Morgan fingerprint density at radius 1 is 1.25 bits per heavy atom. The van der Waals surface area contributed by atoms with Gasteiger partial charge in [0.2, 0.25) is 11.8 Å². The van der Waals surface area contributed by atoms with Crippen LogP contribution in [0.15, 0.2) is 24.3 Å². The molecule has 0 bridgehead atoms. The van der Waals surface area contributed by atoms with E-state index in [2.05, 4.69) is 15.4 Å². The highest BCUT2D eigenvalue weighted by atomic mass is 32.2. The molecule has 1 fully saturated rings. The van der Waals surface area contributed by atoms with Crippen molar-refractivity contribution in [2.45, 2.75) is 64.3 Å². The number of hydrogen-bond donors (Lipinski definition) is 3. The molecular weight excluding hydrogens is 486 g/mol. The number of esters is 1. The fourth-order valence-electron chi connectivity index (χ4n) is 3.76. The van der Waals surface area contributed by atoms with Crippen molar-refractivity contribution >= 4 is 35.6 Å². The van der Waals surface area contributed by atoms with Crippen molar-refractivity contribution in [3.05, 3.63) is 29.8 Å². The molecule has 1 aromatic rings. The third kappa shape index (κ3) is 8.61. The molecule has 3 amide bonds. The van der Waals surface area contributed by atoms with Crippen LogP contribution in [0.5, 0.6) is 5.75 Å². The number of nitrogens with zero attached hydrogens (tertiary/aromatic N) is 1. The van der Waals surface area contributed by atoms with Gasteiger partial charge in [-0.25, -0.2) is 4.79 Å². The monoisotopic (exact) mass is 523 g/mol. The lowest BCUT2D eigenvalue weighted by atomic mass is 10.0. The number of aromatic hydroxyl groups is 1. The van der Waals surface area contributed by atoms with Gasteiger partial charge in [-0.15, -0.1) is 0 Å². The molecule has 0 heterocycles. The Labute approximate surface area is 216 Å². The second kappa shape index (κ2) is 12.8. The zero-order chi connectivity index (χ0) is 27.0. The molecule has 0 aromatic heterocycles. The second-order valence-electron chi connectivity index (χ2n) is 9.80. The number of rotatable bonds is 11. The van der Waals surface area contributed by atoms with E-state index in [9.17, 15) is 24.3 Å². The highest BCUT2D eigenvalue weighted by molar-refractivity contribution is 7.98. The molecule has 1 aromatic carbocycles. The van der Waals surface area contributed by atoms with E-state index in [0.29, 0.717) is 24.2 Å². The average molecular weight is 524 g/mol. The van der Waals surface area contributed by atoms with E-state index in [0.717, 1.165) is 0 Å². The quantitative estimate of drug-likeness (QED) is 0.377. The van der Waals surface area contributed by atoms with Gasteiger partial charge in [0.05, 0.1) is 7.11 Å². The van der Waals surface area contributed by atoms with Crippen molar-refractivity contribution in [2.75, 3.05) is 25.7 Å². The zero-order valence-corrected chi connectivity index (χ0v) is 22.5. The van der Waals surface area contributed by atoms with Gasteiger partial charge in [-0.1, -0.05) is 19.1 Å². The fourth-order valence-corrected chi connectivity index (χ4v) is 4.23. The van der Waals surface area contributed by atoms with E-state index in [4.69, 9.17) is 4.74 Å². The van der Waals surface area contributed by atoms with Crippen LogP contribution in [-0.4, -0.2) is 77.2 Å². The van der Waals surface area contributed by atoms with Crippen LogP contribution < -0.4 is 10.6 Å². The number of benzene rings is 1. The number of hydrogen-bond acceptors (Lipinski definition) is 8. The summed E-state index contributed by atoms with van der Waals surface area (Å²) in [5.41, 5.74) is -0.370. The third-order valence-corrected chi connectivity index (χ3v) is 6.27. The van der Waals surface area contributed by atoms with Crippen LogP contribution in [0.2, 0.25) is 0 Å². The Balaban J connectivity index is 2.45. The van der Waals surface area contributed by atoms with Crippen LogP contribution in [0, 0.1) is 5.92 Å². The zero-order valence-electron chi connectivity index (χ0n) is 21.7. The molecule has 1 saturated carbocycles. The molecule has 3 N–H and O–H groups in total. The van der Waals surface area contributed by atoms with Crippen LogP contribution >= 0.6 is 11.8 Å². The predicted octanol–water partition coefficient (Wildman–Crippen LogP) is 2.61. The van der Waals surface area contributed by atoms with Crippen molar-refractivity contribution < 1.29 is 33.8 Å². The van der Waals surface area contributed by atoms with Gasteiger partial charge in [-0.2, -0.15) is 11.8 Å². The molecule has 11 heteroatoms. The summed E-state index contributed by atoms with van der Waals surface area (Å²) in [4.78, 5) is 53.1. The number of amides is 3. The van der Waals surface area contributed by atoms with Gasteiger partial charge in [0.25, 0.3) is 0 Å². The maximum Gasteiger partial charge on any atom is 0.408 e. The summed E-state index contributed by atoms with van der Waals surface area (Å²) >= 11 is 1.52. The van der Waals surface area contributed by atoms with E-state index in [1.807, 2.05) is 13.2 Å². The van der Waals surface area contributed by atoms with Gasteiger partial charge in [0.1, 0.15) is 30.0 Å². The maximum atomic E-state index is 14.0. The minimum Gasteiger partial charge on any atom is -0.508 e. The van der Waals surface area contributed by atoms with Gasteiger partial charge in [-0.05, 0) is 69.2 Å². The third-order valence-electron chi connectivity index (χ3n) is 5.63. The number of phenolic OH excluding ortho intramolecular Hbond substituents is 1. The summed E-state index contributed by atoms with van der Waals surface area (Å²) in [5, 5.41) is 15.3. The van der Waals surface area contributed by atoms with E-state index < -0.39 is 41.6 Å². The van der Waals surface area contributed by atoms with Crippen molar-refractivity contribution in [2.24, 2.45) is 5.92 Å². The molecule has 0 radical (unpaired) electrons. The van der Waals surface area contributed by atoms with Crippen molar-refractivity contribution in [1.29, 1.82) is 0 Å². The lowest BCUT2D eigenvalue weighted by molar-refractivity contribution is -0.145. The van der Waals surface area contributed by atoms with Crippen molar-refractivity contribution in [3.63, 3.8) is 0 Å². The van der Waals surface area contributed by atoms with Gasteiger partial charge in [0.15, 0.2) is 0 Å². The lowest BCUT2D eigenvalue weighted by Crippen LogP contribution is -2.54. The van der Waals surface area contributed by atoms with E-state index in [1.165, 1.54) is 35.9 Å². The summed E-state index contributed by atoms with van der Waals surface area (Å²) in [6.45, 7) is 6.78. The molecule has 10 nitrogen and oxygen atoms in total. The summed E-state index contributed by atoms with van der Waals surface area (Å²) in [6, 6.07) is 3.75. The minimum atomic E-state index is -1.14. The van der Waals surface area contributed by atoms with E-state index >= 15 is 0 Å². The molecule has 1 aliphatic carbocycles. The van der Waals surface area contributed by atoms with Gasteiger partial charge in [0, 0.05) is 6.04 Å². The highest BCUT2D eigenvalue weighted by Crippen LogP contribution is 2.41. The Morgan fingerprint density at radius 2 is 1.92 bits per heavy atom. The molecule has 4 unspecified atom stereocenters. The first-order valence-corrected chi connectivity index (χ1v) is 13.2. The summed E-state index contributed by atoms with van der Waals surface area (Å²) in [7, 11) is 1.21. The smallest absolute Gasteiger partial charge is 0.408 e. The Morgan fingerprint density at radius 3 is 2.44 bits per heavy atom. The molecule has 36 heavy (non-hydrogen) atoms. The summed E-state index contributed by atoms with van der Waals surface area (Å²) in [5.74, 6) is -1.03. The fraction of sp³-hybridized carbons (Fsp3) is 0.600. The van der Waals surface area contributed by atoms with Crippen LogP contribution in [0.3, 0.4) is 0 Å². The van der Waals surface area contributed by atoms with E-state index in [-0.39, 0.29) is 24.3 Å². The maximum absolute atomic E-state index is 14.0. The largest absolute Gasteiger partial charge is 0.508 e. The van der Waals surface area contributed by atoms with Crippen LogP contribution in [0.25, 0.3) is 0 Å². The number of alkyl carbamates (subject to hydrolysis) is 1. The van der Waals surface area contributed by atoms with Crippen LogP contribution in [0.4, 0.5) is 4.79 Å². The molecular formula is C25H37N3O7S. The first-order valence-electron chi connectivity index (χ1n) is 11.8. The summed E-state index contributed by atoms with van der Waals surface area (Å²) in [6.07, 6.45) is 2.17. The summed E-state index contributed by atoms with van der Waals surface area (Å²) < 4.78 is 9.99. The molecule has 2 rings (SSSR count). The molecule has 4 atom stereocenters. The van der Waals surface area contributed by atoms with Gasteiger partial charge in [-0.3, -0.25) is 14.4 Å². The number of carbonyl (C=O) groups excluding carboxylic acids is 4. The Kier molecular flexibility index (Phi) is 10.4.